The molecule has 2 atom stereocenters. The fraction of sp³-hybridized carbons (Fsp3) is 0.391. The Morgan fingerprint density at radius 2 is 1.90 bits per heavy atom. The van der Waals surface area contributed by atoms with E-state index < -0.39 is 0 Å². The third-order valence-electron chi connectivity index (χ3n) is 4.96. The zero-order valence-electron chi connectivity index (χ0n) is 16.9. The first-order valence-corrected chi connectivity index (χ1v) is 10.1. The maximum absolute atomic E-state index is 12.6. The van der Waals surface area contributed by atoms with Crippen LogP contribution in [0, 0.1) is 0 Å². The number of carbonyl (C=O) groups excluding carboxylic acids is 2. The van der Waals surface area contributed by atoms with Crippen LogP contribution >= 0.6 is 0 Å². The molecular weight excluding hydrogens is 368 g/mol. The van der Waals surface area contributed by atoms with Crippen LogP contribution in [0.3, 0.4) is 0 Å². The molecule has 1 fully saturated rings. The molecule has 1 saturated heterocycles. The van der Waals surface area contributed by atoms with Crippen molar-refractivity contribution in [3.05, 3.63) is 59.7 Å². The number of benzene rings is 2. The Hall–Kier alpha value is -2.86. The molecule has 0 saturated carbocycles. The molecule has 29 heavy (non-hydrogen) atoms. The number of carbonyl (C=O) groups is 2. The summed E-state index contributed by atoms with van der Waals surface area (Å²) in [6, 6.07) is 14.0. The van der Waals surface area contributed by atoms with Gasteiger partial charge in [0.2, 0.25) is 0 Å². The number of anilines is 1. The van der Waals surface area contributed by atoms with Gasteiger partial charge in [0.15, 0.2) is 0 Å². The molecule has 0 aliphatic carbocycles. The molecule has 0 spiro atoms. The molecule has 6 nitrogen and oxygen atoms in total. The molecule has 1 aliphatic heterocycles. The van der Waals surface area contributed by atoms with E-state index in [2.05, 4.69) is 17.6 Å². The van der Waals surface area contributed by atoms with Gasteiger partial charge in [-0.05, 0) is 62.6 Å². The van der Waals surface area contributed by atoms with Gasteiger partial charge < -0.3 is 20.1 Å². The number of para-hydroxylation sites is 1. The SMILES string of the molecule is CCC(C)Oc1ccc(C(=O)Nc2ccccc2C(=O)NCC2CCCO2)cc1. The Bertz CT molecular complexity index is 829. The molecule has 1 aliphatic rings. The van der Waals surface area contributed by atoms with Crippen molar-refractivity contribution >= 4 is 17.5 Å². The van der Waals surface area contributed by atoms with E-state index in [1.165, 1.54) is 0 Å². The van der Waals surface area contributed by atoms with Gasteiger partial charge in [-0.25, -0.2) is 0 Å². The van der Waals surface area contributed by atoms with Crippen molar-refractivity contribution < 1.29 is 19.1 Å². The second-order valence-electron chi connectivity index (χ2n) is 7.21. The van der Waals surface area contributed by atoms with Gasteiger partial charge in [0.1, 0.15) is 5.75 Å². The molecule has 2 unspecified atom stereocenters. The summed E-state index contributed by atoms with van der Waals surface area (Å²) in [7, 11) is 0. The fourth-order valence-corrected chi connectivity index (χ4v) is 3.09. The highest BCUT2D eigenvalue weighted by Crippen LogP contribution is 2.19. The van der Waals surface area contributed by atoms with E-state index >= 15 is 0 Å². The fourth-order valence-electron chi connectivity index (χ4n) is 3.09. The van der Waals surface area contributed by atoms with E-state index in [0.717, 1.165) is 31.6 Å². The number of ether oxygens (including phenoxy) is 2. The summed E-state index contributed by atoms with van der Waals surface area (Å²) in [4.78, 5) is 25.2. The predicted molar refractivity (Wildman–Crippen MR) is 113 cm³/mol. The van der Waals surface area contributed by atoms with E-state index in [1.54, 1.807) is 48.5 Å². The second-order valence-corrected chi connectivity index (χ2v) is 7.21. The number of amides is 2. The van der Waals surface area contributed by atoms with Gasteiger partial charge in [-0.3, -0.25) is 9.59 Å². The van der Waals surface area contributed by atoms with E-state index in [9.17, 15) is 9.59 Å². The molecule has 0 bridgehead atoms. The third-order valence-corrected chi connectivity index (χ3v) is 4.96. The first kappa shape index (κ1) is 20.9. The average molecular weight is 396 g/mol. The Balaban J connectivity index is 1.63. The normalized spacial score (nSPS) is 16.8. The van der Waals surface area contributed by atoms with Gasteiger partial charge in [-0.1, -0.05) is 19.1 Å². The summed E-state index contributed by atoms with van der Waals surface area (Å²) in [5.74, 6) is 0.220. The third kappa shape index (κ3) is 5.81. The molecule has 0 radical (unpaired) electrons. The van der Waals surface area contributed by atoms with Gasteiger partial charge in [0, 0.05) is 18.7 Å². The minimum Gasteiger partial charge on any atom is -0.491 e. The minimum atomic E-state index is -0.278. The van der Waals surface area contributed by atoms with Crippen LogP contribution in [0.5, 0.6) is 5.75 Å². The molecule has 2 amide bonds. The lowest BCUT2D eigenvalue weighted by Crippen LogP contribution is -2.32. The van der Waals surface area contributed by atoms with Crippen molar-refractivity contribution in [3.63, 3.8) is 0 Å². The van der Waals surface area contributed by atoms with Gasteiger partial charge in [0.05, 0.1) is 23.5 Å². The first-order chi connectivity index (χ1) is 14.1. The van der Waals surface area contributed by atoms with Crippen molar-refractivity contribution in [2.24, 2.45) is 0 Å². The summed E-state index contributed by atoms with van der Waals surface area (Å²) < 4.78 is 11.3. The lowest BCUT2D eigenvalue weighted by atomic mass is 10.1. The average Bonchev–Trinajstić information content (AvgIpc) is 3.26. The maximum Gasteiger partial charge on any atom is 0.255 e. The molecule has 2 N–H and O–H groups in total. The Labute approximate surface area is 171 Å². The van der Waals surface area contributed by atoms with Crippen molar-refractivity contribution in [1.29, 1.82) is 0 Å². The zero-order valence-corrected chi connectivity index (χ0v) is 16.9. The largest absolute Gasteiger partial charge is 0.491 e. The van der Waals surface area contributed by atoms with E-state index in [4.69, 9.17) is 9.47 Å². The molecule has 2 aromatic carbocycles. The van der Waals surface area contributed by atoms with Gasteiger partial charge in [-0.2, -0.15) is 0 Å². The highest BCUT2D eigenvalue weighted by atomic mass is 16.5. The Morgan fingerprint density at radius 1 is 1.14 bits per heavy atom. The number of hydrogen-bond acceptors (Lipinski definition) is 4. The predicted octanol–water partition coefficient (Wildman–Crippen LogP) is 4.03. The summed E-state index contributed by atoms with van der Waals surface area (Å²) in [5.41, 5.74) is 1.40. The van der Waals surface area contributed by atoms with Crippen LogP contribution < -0.4 is 15.4 Å². The summed E-state index contributed by atoms with van der Waals surface area (Å²) in [6.07, 6.45) is 3.07. The zero-order chi connectivity index (χ0) is 20.6. The monoisotopic (exact) mass is 396 g/mol. The maximum atomic E-state index is 12.6. The van der Waals surface area contributed by atoms with E-state index in [0.29, 0.717) is 23.4 Å². The number of nitrogens with one attached hydrogen (secondary N) is 2. The summed E-state index contributed by atoms with van der Waals surface area (Å²) in [5, 5.41) is 5.73. The molecule has 0 aromatic heterocycles. The molecule has 154 valence electrons. The molecule has 3 rings (SSSR count). The van der Waals surface area contributed by atoms with Gasteiger partial charge in [-0.15, -0.1) is 0 Å². The van der Waals surface area contributed by atoms with Crippen molar-refractivity contribution in [3.8, 4) is 5.75 Å². The molecule has 2 aromatic rings. The van der Waals surface area contributed by atoms with Gasteiger partial charge >= 0.3 is 0 Å². The van der Waals surface area contributed by atoms with Crippen LogP contribution in [-0.4, -0.2) is 37.2 Å². The van der Waals surface area contributed by atoms with Crippen molar-refractivity contribution in [2.75, 3.05) is 18.5 Å². The lowest BCUT2D eigenvalue weighted by Gasteiger charge is -2.14. The molecule has 6 heteroatoms. The van der Waals surface area contributed by atoms with Crippen LogP contribution in [0.25, 0.3) is 0 Å². The Kier molecular flexibility index (Phi) is 7.25. The highest BCUT2D eigenvalue weighted by molar-refractivity contribution is 6.09. The van der Waals surface area contributed by atoms with E-state index in [1.807, 2.05) is 6.92 Å². The van der Waals surface area contributed by atoms with Crippen molar-refractivity contribution in [1.82, 2.24) is 5.32 Å². The summed E-state index contributed by atoms with van der Waals surface area (Å²) in [6.45, 7) is 5.27. The number of rotatable bonds is 8. The molecular formula is C23H28N2O4. The van der Waals surface area contributed by atoms with Crippen LogP contribution in [0.1, 0.15) is 53.8 Å². The van der Waals surface area contributed by atoms with Crippen molar-refractivity contribution in [2.45, 2.75) is 45.3 Å². The highest BCUT2D eigenvalue weighted by Gasteiger charge is 2.18. The van der Waals surface area contributed by atoms with Crippen LogP contribution in [0.2, 0.25) is 0 Å². The van der Waals surface area contributed by atoms with Gasteiger partial charge in [0.25, 0.3) is 11.8 Å². The van der Waals surface area contributed by atoms with Crippen LogP contribution in [0.15, 0.2) is 48.5 Å². The molecule has 1 heterocycles. The number of hydrogen-bond donors (Lipinski definition) is 2. The van der Waals surface area contributed by atoms with Crippen LogP contribution in [-0.2, 0) is 4.74 Å². The second kappa shape index (κ2) is 10.1. The summed E-state index contributed by atoms with van der Waals surface area (Å²) >= 11 is 0. The van der Waals surface area contributed by atoms with Crippen LogP contribution in [0.4, 0.5) is 5.69 Å². The first-order valence-electron chi connectivity index (χ1n) is 10.1. The standard InChI is InChI=1S/C23H28N2O4/c1-3-16(2)29-18-12-10-17(11-13-18)22(26)25-21-9-5-4-8-20(21)23(27)24-15-19-7-6-14-28-19/h4-5,8-13,16,19H,3,6-7,14-15H2,1-2H3,(H,24,27)(H,25,26). The quantitative estimate of drug-likeness (QED) is 0.706. The minimum absolute atomic E-state index is 0.0665. The lowest BCUT2D eigenvalue weighted by molar-refractivity contribution is 0.0858. The smallest absolute Gasteiger partial charge is 0.255 e. The van der Waals surface area contributed by atoms with E-state index in [-0.39, 0.29) is 24.0 Å². The Morgan fingerprint density at radius 3 is 2.59 bits per heavy atom. The topological polar surface area (TPSA) is 76.7 Å².